The minimum absolute atomic E-state index is 0. The Labute approximate surface area is 120 Å². The van der Waals surface area contributed by atoms with Gasteiger partial charge in [0.25, 0.3) is 0 Å². The van der Waals surface area contributed by atoms with E-state index in [-0.39, 0.29) is 18.4 Å². The van der Waals surface area contributed by atoms with Crippen molar-refractivity contribution in [1.82, 2.24) is 19.4 Å². The van der Waals surface area contributed by atoms with Crippen LogP contribution < -0.4 is 5.32 Å². The van der Waals surface area contributed by atoms with Crippen molar-refractivity contribution in [3.05, 3.63) is 11.9 Å². The van der Waals surface area contributed by atoms with Crippen molar-refractivity contribution in [2.75, 3.05) is 20.1 Å². The number of sulfonamides is 1. The van der Waals surface area contributed by atoms with E-state index in [2.05, 4.69) is 10.4 Å². The molecule has 0 radical (unpaired) electrons. The lowest BCUT2D eigenvalue weighted by Gasteiger charge is -2.31. The average molecular weight is 309 g/mol. The van der Waals surface area contributed by atoms with Crippen molar-refractivity contribution in [3.8, 4) is 0 Å². The second-order valence-corrected chi connectivity index (χ2v) is 6.62. The number of hydrogen-bond donors (Lipinski definition) is 1. The lowest BCUT2D eigenvalue weighted by molar-refractivity contribution is 0.292. The highest BCUT2D eigenvalue weighted by molar-refractivity contribution is 7.89. The number of nitrogens with one attached hydrogen (secondary N) is 1. The second-order valence-electron chi connectivity index (χ2n) is 4.71. The van der Waals surface area contributed by atoms with Gasteiger partial charge < -0.3 is 5.32 Å². The summed E-state index contributed by atoms with van der Waals surface area (Å²) in [4.78, 5) is 0.321. The lowest BCUT2D eigenvalue weighted by Crippen LogP contribution is -2.46. The summed E-state index contributed by atoms with van der Waals surface area (Å²) >= 11 is 0. The second kappa shape index (κ2) is 6.21. The highest BCUT2D eigenvalue weighted by Crippen LogP contribution is 2.22. The van der Waals surface area contributed by atoms with E-state index in [1.807, 2.05) is 7.05 Å². The lowest BCUT2D eigenvalue weighted by atomic mass is 10.1. The molecule has 1 atom stereocenters. The number of aromatic nitrogens is 2. The summed E-state index contributed by atoms with van der Waals surface area (Å²) in [5, 5.41) is 7.16. The predicted molar refractivity (Wildman–Crippen MR) is 76.0 cm³/mol. The Morgan fingerprint density at radius 2 is 2.16 bits per heavy atom. The van der Waals surface area contributed by atoms with Crippen LogP contribution in [-0.4, -0.2) is 48.7 Å². The Balaban J connectivity index is 0.00000180. The molecule has 19 heavy (non-hydrogen) atoms. The van der Waals surface area contributed by atoms with Gasteiger partial charge in [-0.1, -0.05) is 0 Å². The predicted octanol–water partition coefficient (Wildman–Crippen LogP) is 0.523. The van der Waals surface area contributed by atoms with Crippen molar-refractivity contribution in [1.29, 1.82) is 0 Å². The number of nitrogens with zero attached hydrogens (tertiary/aromatic N) is 3. The Morgan fingerprint density at radius 3 is 2.68 bits per heavy atom. The first kappa shape index (κ1) is 16.4. The molecule has 1 unspecified atom stereocenters. The molecule has 1 N–H and O–H groups in total. The molecule has 0 aromatic carbocycles. The average Bonchev–Trinajstić information content (AvgIpc) is 2.70. The van der Waals surface area contributed by atoms with Crippen molar-refractivity contribution >= 4 is 22.4 Å². The highest BCUT2D eigenvalue weighted by atomic mass is 35.5. The van der Waals surface area contributed by atoms with Crippen LogP contribution in [0.15, 0.2) is 11.1 Å². The maximum absolute atomic E-state index is 12.5. The van der Waals surface area contributed by atoms with E-state index in [4.69, 9.17) is 0 Å². The summed E-state index contributed by atoms with van der Waals surface area (Å²) in [6, 6.07) is 0.241. The molecule has 0 bridgehead atoms. The first-order valence-corrected chi connectivity index (χ1v) is 7.57. The van der Waals surface area contributed by atoms with Crippen molar-refractivity contribution in [3.63, 3.8) is 0 Å². The quantitative estimate of drug-likeness (QED) is 0.884. The van der Waals surface area contributed by atoms with Gasteiger partial charge in [-0.15, -0.1) is 12.4 Å². The molecule has 1 fully saturated rings. The summed E-state index contributed by atoms with van der Waals surface area (Å²) in [6.45, 7) is 2.90. The fourth-order valence-corrected chi connectivity index (χ4v) is 3.98. The highest BCUT2D eigenvalue weighted by Gasteiger charge is 2.31. The molecule has 1 aromatic rings. The zero-order valence-corrected chi connectivity index (χ0v) is 13.1. The molecule has 1 aliphatic heterocycles. The molecule has 0 spiro atoms. The zero-order valence-electron chi connectivity index (χ0n) is 11.5. The Morgan fingerprint density at radius 1 is 1.47 bits per heavy atom. The maximum Gasteiger partial charge on any atom is 0.246 e. The van der Waals surface area contributed by atoms with Crippen LogP contribution in [0.3, 0.4) is 0 Å². The van der Waals surface area contributed by atoms with Crippen molar-refractivity contribution < 1.29 is 8.42 Å². The third-order valence-corrected chi connectivity index (χ3v) is 5.57. The van der Waals surface area contributed by atoms with Gasteiger partial charge in [0.05, 0.1) is 11.9 Å². The van der Waals surface area contributed by atoms with Gasteiger partial charge in [-0.05, 0) is 26.8 Å². The molecule has 1 aromatic heterocycles. The van der Waals surface area contributed by atoms with E-state index < -0.39 is 10.0 Å². The number of hydrogen-bond acceptors (Lipinski definition) is 4. The molecule has 8 heteroatoms. The molecule has 2 rings (SSSR count). The largest absolute Gasteiger partial charge is 0.316 e. The Kier molecular flexibility index (Phi) is 5.37. The molecule has 2 heterocycles. The van der Waals surface area contributed by atoms with E-state index in [0.29, 0.717) is 23.7 Å². The standard InChI is InChI=1S/C11H20N4O2S.ClH/c1-9-11(7-13-14(9)3)18(16,17)15-6-4-5-10(8-15)12-2;/h7,10,12H,4-6,8H2,1-3H3;1H. The van der Waals surface area contributed by atoms with E-state index in [1.54, 1.807) is 23.0 Å². The molecule has 0 amide bonds. The molecule has 1 aliphatic rings. The minimum atomic E-state index is -3.40. The molecular weight excluding hydrogens is 288 g/mol. The van der Waals surface area contributed by atoms with Crippen LogP contribution in [0.2, 0.25) is 0 Å². The van der Waals surface area contributed by atoms with E-state index in [1.165, 1.54) is 6.20 Å². The van der Waals surface area contributed by atoms with Gasteiger partial charge in [0.15, 0.2) is 0 Å². The summed E-state index contributed by atoms with van der Waals surface area (Å²) in [6.07, 6.45) is 3.35. The molecule has 110 valence electrons. The SMILES string of the molecule is CNC1CCCN(S(=O)(=O)c2cnn(C)c2C)C1.Cl. The van der Waals surface area contributed by atoms with E-state index >= 15 is 0 Å². The summed E-state index contributed by atoms with van der Waals surface area (Å²) in [7, 11) is 0.217. The van der Waals surface area contributed by atoms with Crippen molar-refractivity contribution in [2.24, 2.45) is 7.05 Å². The van der Waals surface area contributed by atoms with Crippen LogP contribution >= 0.6 is 12.4 Å². The third kappa shape index (κ3) is 3.10. The smallest absolute Gasteiger partial charge is 0.246 e. The first-order chi connectivity index (χ1) is 8.46. The van der Waals surface area contributed by atoms with Crippen LogP contribution in [0.25, 0.3) is 0 Å². The molecular formula is C11H21ClN4O2S. The van der Waals surface area contributed by atoms with E-state index in [9.17, 15) is 8.42 Å². The normalized spacial score (nSPS) is 21.1. The molecule has 1 saturated heterocycles. The molecule has 0 aliphatic carbocycles. The van der Waals surface area contributed by atoms with Crippen LogP contribution in [0.4, 0.5) is 0 Å². The molecule has 0 saturated carbocycles. The first-order valence-electron chi connectivity index (χ1n) is 6.13. The maximum atomic E-state index is 12.5. The summed E-state index contributed by atoms with van der Waals surface area (Å²) < 4.78 is 28.2. The van der Waals surface area contributed by atoms with Gasteiger partial charge in [0.2, 0.25) is 10.0 Å². The van der Waals surface area contributed by atoms with Gasteiger partial charge in [0.1, 0.15) is 4.90 Å². The fourth-order valence-electron chi connectivity index (χ4n) is 2.27. The van der Waals surface area contributed by atoms with Crippen LogP contribution in [0.1, 0.15) is 18.5 Å². The number of halogens is 1. The number of piperidine rings is 1. The Hall–Kier alpha value is -0.630. The minimum Gasteiger partial charge on any atom is -0.316 e. The Bertz CT molecular complexity index is 529. The fraction of sp³-hybridized carbons (Fsp3) is 0.727. The topological polar surface area (TPSA) is 67.2 Å². The monoisotopic (exact) mass is 308 g/mol. The zero-order chi connectivity index (χ0) is 13.3. The van der Waals surface area contributed by atoms with E-state index in [0.717, 1.165) is 12.8 Å². The van der Waals surface area contributed by atoms with Gasteiger partial charge >= 0.3 is 0 Å². The molecule has 6 nitrogen and oxygen atoms in total. The summed E-state index contributed by atoms with van der Waals surface area (Å²) in [5.74, 6) is 0. The van der Waals surface area contributed by atoms with Gasteiger partial charge in [0, 0.05) is 26.2 Å². The van der Waals surface area contributed by atoms with Crippen LogP contribution in [0.5, 0.6) is 0 Å². The summed E-state index contributed by atoms with van der Waals surface area (Å²) in [5.41, 5.74) is 0.682. The van der Waals surface area contributed by atoms with Crippen LogP contribution in [0, 0.1) is 6.92 Å². The number of rotatable bonds is 3. The van der Waals surface area contributed by atoms with Gasteiger partial charge in [-0.25, -0.2) is 8.42 Å². The van der Waals surface area contributed by atoms with Gasteiger partial charge in [-0.3, -0.25) is 4.68 Å². The van der Waals surface area contributed by atoms with Gasteiger partial charge in [-0.2, -0.15) is 9.40 Å². The van der Waals surface area contributed by atoms with Crippen LogP contribution in [-0.2, 0) is 17.1 Å². The van der Waals surface area contributed by atoms with Crippen molar-refractivity contribution in [2.45, 2.75) is 30.7 Å². The number of likely N-dealkylation sites (N-methyl/N-ethyl adjacent to an activating group) is 1. The third-order valence-electron chi connectivity index (χ3n) is 3.60. The number of aryl methyl sites for hydroxylation is 1.